The molecular weight excluding hydrogens is 350 g/mol. The van der Waals surface area contributed by atoms with Crippen LogP contribution in [0.15, 0.2) is 36.4 Å². The highest BCUT2D eigenvalue weighted by Crippen LogP contribution is 2.25. The van der Waals surface area contributed by atoms with Crippen LogP contribution in [0.5, 0.6) is 0 Å². The van der Waals surface area contributed by atoms with E-state index in [1.54, 1.807) is 0 Å². The number of benzene rings is 2. The molecule has 1 aliphatic heterocycles. The minimum absolute atomic E-state index is 0.757. The largest absolute Gasteiger partial charge is 0.368 e. The molecule has 0 aromatic heterocycles. The van der Waals surface area contributed by atoms with Crippen LogP contribution >= 0.6 is 23.8 Å². The van der Waals surface area contributed by atoms with Crippen LogP contribution in [0, 0.1) is 20.8 Å². The SMILES string of the molecule is Cc1ccc(C)c(N2CCN(C(=S)Nc3cccc(Cl)c3C)CC2)c1. The summed E-state index contributed by atoms with van der Waals surface area (Å²) >= 11 is 11.8. The molecule has 0 unspecified atom stereocenters. The second-order valence-corrected chi connectivity index (χ2v) is 7.40. The Morgan fingerprint density at radius 1 is 1.04 bits per heavy atom. The number of thiocarbonyl (C=S) groups is 1. The first-order valence-corrected chi connectivity index (χ1v) is 9.37. The van der Waals surface area contributed by atoms with Crippen LogP contribution in [0.4, 0.5) is 11.4 Å². The third-order valence-electron chi connectivity index (χ3n) is 4.78. The summed E-state index contributed by atoms with van der Waals surface area (Å²) in [5.74, 6) is 0. The number of nitrogens with one attached hydrogen (secondary N) is 1. The molecule has 25 heavy (non-hydrogen) atoms. The summed E-state index contributed by atoms with van der Waals surface area (Å²) in [6.45, 7) is 10.1. The van der Waals surface area contributed by atoms with Crippen molar-refractivity contribution < 1.29 is 0 Å². The summed E-state index contributed by atoms with van der Waals surface area (Å²) in [6, 6.07) is 12.5. The van der Waals surface area contributed by atoms with Crippen LogP contribution in [0.1, 0.15) is 16.7 Å². The summed E-state index contributed by atoms with van der Waals surface area (Å²) in [4.78, 5) is 4.68. The van der Waals surface area contributed by atoms with E-state index in [4.69, 9.17) is 23.8 Å². The molecule has 3 rings (SSSR count). The summed E-state index contributed by atoms with van der Waals surface area (Å²) < 4.78 is 0. The van der Waals surface area contributed by atoms with Crippen LogP contribution in [-0.2, 0) is 0 Å². The van der Waals surface area contributed by atoms with Crippen LogP contribution in [0.2, 0.25) is 5.02 Å². The van der Waals surface area contributed by atoms with Gasteiger partial charge < -0.3 is 15.1 Å². The van der Waals surface area contributed by atoms with Gasteiger partial charge in [-0.25, -0.2) is 0 Å². The Morgan fingerprint density at radius 3 is 2.48 bits per heavy atom. The molecular formula is C20H24ClN3S. The molecule has 2 aromatic rings. The molecule has 1 fully saturated rings. The van der Waals surface area contributed by atoms with Gasteiger partial charge in [0.15, 0.2) is 5.11 Å². The van der Waals surface area contributed by atoms with Crippen molar-refractivity contribution in [2.75, 3.05) is 36.4 Å². The lowest BCUT2D eigenvalue weighted by Crippen LogP contribution is -2.50. The molecule has 1 N–H and O–H groups in total. The maximum atomic E-state index is 6.19. The molecule has 3 nitrogen and oxygen atoms in total. The van der Waals surface area contributed by atoms with Crippen molar-refractivity contribution in [1.82, 2.24) is 4.90 Å². The fourth-order valence-corrected chi connectivity index (χ4v) is 3.61. The van der Waals surface area contributed by atoms with Gasteiger partial charge in [-0.2, -0.15) is 0 Å². The average molecular weight is 374 g/mol. The van der Waals surface area contributed by atoms with Crippen LogP contribution in [0.3, 0.4) is 0 Å². The smallest absolute Gasteiger partial charge is 0.173 e. The topological polar surface area (TPSA) is 18.5 Å². The first kappa shape index (κ1) is 18.0. The van der Waals surface area contributed by atoms with Crippen molar-refractivity contribution >= 4 is 40.3 Å². The molecule has 0 aliphatic carbocycles. The van der Waals surface area contributed by atoms with Crippen molar-refractivity contribution in [3.05, 3.63) is 58.1 Å². The Labute approximate surface area is 160 Å². The van der Waals surface area contributed by atoms with Crippen molar-refractivity contribution in [2.45, 2.75) is 20.8 Å². The lowest BCUT2D eigenvalue weighted by atomic mass is 10.1. The fraction of sp³-hybridized carbons (Fsp3) is 0.350. The number of hydrogen-bond acceptors (Lipinski definition) is 2. The minimum atomic E-state index is 0.757. The van der Waals surface area contributed by atoms with E-state index in [0.29, 0.717) is 0 Å². The van der Waals surface area contributed by atoms with E-state index in [2.05, 4.69) is 47.2 Å². The normalized spacial score (nSPS) is 14.6. The van der Waals surface area contributed by atoms with Gasteiger partial charge in [0.2, 0.25) is 0 Å². The summed E-state index contributed by atoms with van der Waals surface area (Å²) in [6.07, 6.45) is 0. The molecule has 0 amide bonds. The van der Waals surface area contributed by atoms with Crippen LogP contribution in [-0.4, -0.2) is 36.2 Å². The average Bonchev–Trinajstić information content (AvgIpc) is 2.61. The van der Waals surface area contributed by atoms with E-state index in [1.807, 2.05) is 25.1 Å². The van der Waals surface area contributed by atoms with Gasteiger partial charge in [0.1, 0.15) is 0 Å². The summed E-state index contributed by atoms with van der Waals surface area (Å²) in [5, 5.41) is 4.88. The van der Waals surface area contributed by atoms with Gasteiger partial charge >= 0.3 is 0 Å². The Kier molecular flexibility index (Phi) is 5.50. The maximum Gasteiger partial charge on any atom is 0.173 e. The summed E-state index contributed by atoms with van der Waals surface area (Å²) in [7, 11) is 0. The molecule has 5 heteroatoms. The minimum Gasteiger partial charge on any atom is -0.368 e. The van der Waals surface area contributed by atoms with Crippen LogP contribution in [0.25, 0.3) is 0 Å². The predicted molar refractivity (Wildman–Crippen MR) is 112 cm³/mol. The number of aryl methyl sites for hydroxylation is 2. The molecule has 1 saturated heterocycles. The molecule has 2 aromatic carbocycles. The second-order valence-electron chi connectivity index (χ2n) is 6.61. The third kappa shape index (κ3) is 4.07. The molecule has 1 aliphatic rings. The molecule has 132 valence electrons. The fourth-order valence-electron chi connectivity index (χ4n) is 3.15. The first-order chi connectivity index (χ1) is 12.0. The highest BCUT2D eigenvalue weighted by molar-refractivity contribution is 7.80. The lowest BCUT2D eigenvalue weighted by molar-refractivity contribution is 0.390. The molecule has 0 bridgehead atoms. The van der Waals surface area contributed by atoms with E-state index in [0.717, 1.165) is 47.6 Å². The number of rotatable bonds is 2. The number of halogens is 1. The van der Waals surface area contributed by atoms with E-state index in [9.17, 15) is 0 Å². The van der Waals surface area contributed by atoms with Gasteiger partial charge in [-0.3, -0.25) is 0 Å². The monoisotopic (exact) mass is 373 g/mol. The Morgan fingerprint density at radius 2 is 1.76 bits per heavy atom. The molecule has 1 heterocycles. The van der Waals surface area contributed by atoms with Gasteiger partial charge in [-0.15, -0.1) is 0 Å². The number of piperazine rings is 1. The van der Waals surface area contributed by atoms with Crippen molar-refractivity contribution in [2.24, 2.45) is 0 Å². The maximum absolute atomic E-state index is 6.19. The first-order valence-electron chi connectivity index (χ1n) is 8.59. The molecule has 0 spiro atoms. The third-order valence-corrected chi connectivity index (χ3v) is 5.55. The number of hydrogen-bond donors (Lipinski definition) is 1. The predicted octanol–water partition coefficient (Wildman–Crippen LogP) is 4.78. The van der Waals surface area contributed by atoms with Gasteiger partial charge in [0.05, 0.1) is 0 Å². The number of nitrogens with zero attached hydrogens (tertiary/aromatic N) is 2. The Hall–Kier alpha value is -1.78. The zero-order valence-corrected chi connectivity index (χ0v) is 16.5. The van der Waals surface area contributed by atoms with Gasteiger partial charge in [0.25, 0.3) is 0 Å². The lowest BCUT2D eigenvalue weighted by Gasteiger charge is -2.38. The van der Waals surface area contributed by atoms with Crippen LogP contribution < -0.4 is 10.2 Å². The molecule has 0 atom stereocenters. The number of anilines is 2. The van der Waals surface area contributed by atoms with Gasteiger partial charge in [0, 0.05) is 42.6 Å². The van der Waals surface area contributed by atoms with Crippen molar-refractivity contribution in [3.63, 3.8) is 0 Å². The van der Waals surface area contributed by atoms with E-state index in [1.165, 1.54) is 16.8 Å². The van der Waals surface area contributed by atoms with E-state index in [-0.39, 0.29) is 0 Å². The quantitative estimate of drug-likeness (QED) is 0.763. The Balaban J connectivity index is 1.63. The molecule has 0 radical (unpaired) electrons. The molecule has 0 saturated carbocycles. The highest BCUT2D eigenvalue weighted by Gasteiger charge is 2.20. The van der Waals surface area contributed by atoms with E-state index < -0.39 is 0 Å². The van der Waals surface area contributed by atoms with E-state index >= 15 is 0 Å². The van der Waals surface area contributed by atoms with Crippen molar-refractivity contribution in [1.29, 1.82) is 0 Å². The summed E-state index contributed by atoms with van der Waals surface area (Å²) in [5.41, 5.74) is 5.98. The second kappa shape index (κ2) is 7.63. The van der Waals surface area contributed by atoms with Gasteiger partial charge in [-0.05, 0) is 67.9 Å². The zero-order chi connectivity index (χ0) is 18.0. The highest BCUT2D eigenvalue weighted by atomic mass is 35.5. The Bertz CT molecular complexity index is 783. The van der Waals surface area contributed by atoms with Crippen molar-refractivity contribution in [3.8, 4) is 0 Å². The van der Waals surface area contributed by atoms with Gasteiger partial charge in [-0.1, -0.05) is 29.8 Å². The zero-order valence-electron chi connectivity index (χ0n) is 15.0. The standard InChI is InChI=1S/C20H24ClN3S/c1-14-7-8-15(2)19(13-14)23-9-11-24(12-10-23)20(25)22-18-6-4-5-17(21)16(18)3/h4-8,13H,9-12H2,1-3H3,(H,22,25).